The molecule has 0 saturated heterocycles. The van der Waals surface area contributed by atoms with Gasteiger partial charge in [0.05, 0.1) is 0 Å². The number of hydrogen-bond donors (Lipinski definition) is 1. The van der Waals surface area contributed by atoms with Gasteiger partial charge in [-0.3, -0.25) is 4.31 Å². The van der Waals surface area contributed by atoms with Crippen LogP contribution in [0.4, 0.5) is 0 Å². The second-order valence-electron chi connectivity index (χ2n) is 2.54. The van der Waals surface area contributed by atoms with Gasteiger partial charge < -0.3 is 0 Å². The van der Waals surface area contributed by atoms with Crippen LogP contribution in [0.15, 0.2) is 22.5 Å². The van der Waals surface area contributed by atoms with Crippen molar-refractivity contribution in [1.29, 1.82) is 0 Å². The third-order valence-electron chi connectivity index (χ3n) is 1.60. The van der Waals surface area contributed by atoms with Crippen molar-refractivity contribution in [3.8, 4) is 0 Å². The maximum atomic E-state index is 2.30. The highest BCUT2D eigenvalue weighted by Crippen LogP contribution is 2.43. The minimum atomic E-state index is -0.0538. The van der Waals surface area contributed by atoms with Gasteiger partial charge in [0, 0.05) is 0 Å². The average Bonchev–Trinajstić information content (AvgIpc) is 2.33. The normalized spacial score (nSPS) is 27.6. The largest absolute Gasteiger partial charge is 0.269 e. The molecule has 0 aromatic carbocycles. The number of hydrogen-bond acceptors (Lipinski definition) is 1. The van der Waals surface area contributed by atoms with Crippen LogP contribution >= 0.6 is 11.1 Å². The molecule has 0 fully saturated rings. The molecule has 0 amide bonds. The predicted octanol–water partition coefficient (Wildman–Crippen LogP) is 2.29. The van der Waals surface area contributed by atoms with Crippen molar-refractivity contribution >= 4 is 11.1 Å². The predicted molar refractivity (Wildman–Crippen MR) is 50.2 cm³/mol. The van der Waals surface area contributed by atoms with E-state index >= 15 is 0 Å². The van der Waals surface area contributed by atoms with Crippen LogP contribution in [0.3, 0.4) is 0 Å². The SMILES string of the molecule is CCC1=CC=C[SH]1N(C)C. The molecule has 0 aliphatic carbocycles. The Morgan fingerprint density at radius 3 is 2.60 bits per heavy atom. The van der Waals surface area contributed by atoms with E-state index in [1.54, 1.807) is 4.91 Å². The molecular formula is C8H15NS. The minimum absolute atomic E-state index is 0.0538. The van der Waals surface area contributed by atoms with E-state index in [4.69, 9.17) is 0 Å². The zero-order valence-electron chi connectivity index (χ0n) is 6.83. The highest BCUT2D eigenvalue weighted by molar-refractivity contribution is 8.21. The fourth-order valence-corrected chi connectivity index (χ4v) is 2.86. The van der Waals surface area contributed by atoms with Crippen molar-refractivity contribution in [3.05, 3.63) is 22.5 Å². The van der Waals surface area contributed by atoms with E-state index in [1.807, 2.05) is 0 Å². The molecule has 2 heteroatoms. The van der Waals surface area contributed by atoms with Crippen LogP contribution in [-0.2, 0) is 0 Å². The van der Waals surface area contributed by atoms with E-state index in [-0.39, 0.29) is 11.1 Å². The van der Waals surface area contributed by atoms with Crippen molar-refractivity contribution < 1.29 is 0 Å². The Kier molecular flexibility index (Phi) is 2.57. The quantitative estimate of drug-likeness (QED) is 0.602. The number of allylic oxidation sites excluding steroid dienone is 3. The molecule has 1 unspecified atom stereocenters. The van der Waals surface area contributed by atoms with Crippen molar-refractivity contribution in [3.63, 3.8) is 0 Å². The monoisotopic (exact) mass is 157 g/mol. The van der Waals surface area contributed by atoms with E-state index < -0.39 is 0 Å². The Bertz CT molecular complexity index is 170. The molecule has 0 radical (unpaired) electrons. The van der Waals surface area contributed by atoms with Gasteiger partial charge in [0.2, 0.25) is 0 Å². The first-order valence-corrected chi connectivity index (χ1v) is 4.96. The second kappa shape index (κ2) is 3.26. The Hall–Kier alpha value is -0.210. The lowest BCUT2D eigenvalue weighted by atomic mass is 10.4. The lowest BCUT2D eigenvalue weighted by Gasteiger charge is -2.24. The number of nitrogens with zero attached hydrogens (tertiary/aromatic N) is 1. The summed E-state index contributed by atoms with van der Waals surface area (Å²) in [6.07, 6.45) is 5.60. The number of thiol groups is 1. The van der Waals surface area contributed by atoms with E-state index in [2.05, 4.69) is 42.9 Å². The van der Waals surface area contributed by atoms with Crippen LogP contribution in [0, 0.1) is 0 Å². The molecule has 1 rings (SSSR count). The van der Waals surface area contributed by atoms with Gasteiger partial charge in [0.1, 0.15) is 0 Å². The maximum Gasteiger partial charge on any atom is -0.00397 e. The van der Waals surface area contributed by atoms with Crippen molar-refractivity contribution in [2.45, 2.75) is 13.3 Å². The van der Waals surface area contributed by atoms with Crippen molar-refractivity contribution in [2.24, 2.45) is 0 Å². The third-order valence-corrected chi connectivity index (χ3v) is 3.97. The van der Waals surface area contributed by atoms with Gasteiger partial charge >= 0.3 is 0 Å². The summed E-state index contributed by atoms with van der Waals surface area (Å²) >= 11 is -0.0538. The molecule has 1 heterocycles. The second-order valence-corrected chi connectivity index (χ2v) is 4.91. The Morgan fingerprint density at radius 1 is 1.50 bits per heavy atom. The fourth-order valence-electron chi connectivity index (χ4n) is 1.08. The van der Waals surface area contributed by atoms with Crippen LogP contribution in [0.1, 0.15) is 13.3 Å². The fraction of sp³-hybridized carbons (Fsp3) is 0.500. The molecule has 0 saturated carbocycles. The summed E-state index contributed by atoms with van der Waals surface area (Å²) in [6.45, 7) is 2.22. The van der Waals surface area contributed by atoms with Gasteiger partial charge in [-0.25, -0.2) is 0 Å². The van der Waals surface area contributed by atoms with E-state index in [1.165, 1.54) is 6.42 Å². The molecular weight excluding hydrogens is 142 g/mol. The molecule has 0 aromatic rings. The van der Waals surface area contributed by atoms with Gasteiger partial charge in [-0.05, 0) is 30.8 Å². The summed E-state index contributed by atoms with van der Waals surface area (Å²) in [6, 6.07) is 0. The molecule has 0 aromatic heterocycles. The van der Waals surface area contributed by atoms with Crippen LogP contribution in [-0.4, -0.2) is 18.4 Å². The Labute approximate surface area is 65.9 Å². The maximum absolute atomic E-state index is 2.30. The molecule has 58 valence electrons. The standard InChI is InChI=1S/C8H15NS/c1-4-8-6-5-7-10(8)9(2)3/h5-7,10H,4H2,1-3H3. The van der Waals surface area contributed by atoms with E-state index in [0.29, 0.717) is 0 Å². The molecule has 1 aliphatic heterocycles. The van der Waals surface area contributed by atoms with E-state index in [9.17, 15) is 0 Å². The summed E-state index contributed by atoms with van der Waals surface area (Å²) < 4.78 is 2.30. The molecule has 0 N–H and O–H groups in total. The molecule has 1 aliphatic rings. The van der Waals surface area contributed by atoms with Crippen molar-refractivity contribution in [2.75, 3.05) is 14.1 Å². The van der Waals surface area contributed by atoms with Gasteiger partial charge in [-0.2, -0.15) is 11.1 Å². The summed E-state index contributed by atoms with van der Waals surface area (Å²) in [4.78, 5) is 1.58. The average molecular weight is 157 g/mol. The van der Waals surface area contributed by atoms with Crippen LogP contribution in [0.25, 0.3) is 0 Å². The first kappa shape index (κ1) is 7.89. The van der Waals surface area contributed by atoms with Gasteiger partial charge in [0.25, 0.3) is 0 Å². The van der Waals surface area contributed by atoms with Crippen molar-refractivity contribution in [1.82, 2.24) is 4.31 Å². The summed E-state index contributed by atoms with van der Waals surface area (Å²) in [5.41, 5.74) is 0. The highest BCUT2D eigenvalue weighted by atomic mass is 32.2. The van der Waals surface area contributed by atoms with Gasteiger partial charge in [0.15, 0.2) is 0 Å². The molecule has 1 nitrogen and oxygen atoms in total. The molecule has 1 atom stereocenters. The van der Waals surface area contributed by atoms with Gasteiger partial charge in [-0.15, -0.1) is 0 Å². The first-order chi connectivity index (χ1) is 4.75. The molecule has 0 bridgehead atoms. The summed E-state index contributed by atoms with van der Waals surface area (Å²) in [5, 5.41) is 2.30. The lowest BCUT2D eigenvalue weighted by molar-refractivity contribution is 0.699. The first-order valence-electron chi connectivity index (χ1n) is 3.59. The third kappa shape index (κ3) is 1.44. The topological polar surface area (TPSA) is 3.24 Å². The zero-order valence-corrected chi connectivity index (χ0v) is 7.73. The van der Waals surface area contributed by atoms with Crippen LogP contribution in [0.5, 0.6) is 0 Å². The number of rotatable bonds is 2. The summed E-state index contributed by atoms with van der Waals surface area (Å²) in [5.74, 6) is 0. The van der Waals surface area contributed by atoms with Crippen LogP contribution in [0.2, 0.25) is 0 Å². The van der Waals surface area contributed by atoms with Crippen LogP contribution < -0.4 is 0 Å². The minimum Gasteiger partial charge on any atom is -0.269 e. The Balaban J connectivity index is 2.62. The summed E-state index contributed by atoms with van der Waals surface area (Å²) in [7, 11) is 4.29. The zero-order chi connectivity index (χ0) is 7.56. The highest BCUT2D eigenvalue weighted by Gasteiger charge is 2.09. The van der Waals surface area contributed by atoms with Gasteiger partial charge in [-0.1, -0.05) is 19.1 Å². The lowest BCUT2D eigenvalue weighted by Crippen LogP contribution is -2.05. The molecule has 0 spiro atoms. The van der Waals surface area contributed by atoms with E-state index in [0.717, 1.165) is 0 Å². The molecule has 10 heavy (non-hydrogen) atoms. The Morgan fingerprint density at radius 2 is 2.20 bits per heavy atom. The smallest absolute Gasteiger partial charge is 0.00397 e.